The monoisotopic (exact) mass is 332 g/mol. The third kappa shape index (κ3) is 4.80. The van der Waals surface area contributed by atoms with E-state index in [1.807, 2.05) is 0 Å². The first-order valence-corrected chi connectivity index (χ1v) is 7.48. The summed E-state index contributed by atoms with van der Waals surface area (Å²) in [7, 11) is 0. The van der Waals surface area contributed by atoms with Crippen LogP contribution < -0.4 is 5.32 Å². The molecule has 8 heteroatoms. The van der Waals surface area contributed by atoms with E-state index in [0.717, 1.165) is 0 Å². The van der Waals surface area contributed by atoms with Gasteiger partial charge in [-0.1, -0.05) is 5.21 Å². The topological polar surface area (TPSA) is 95.3 Å². The Morgan fingerprint density at radius 3 is 2.46 bits per heavy atom. The van der Waals surface area contributed by atoms with E-state index in [0.29, 0.717) is 11.4 Å². The van der Waals surface area contributed by atoms with E-state index < -0.39 is 17.7 Å². The molecule has 1 amide bonds. The Kier molecular flexibility index (Phi) is 5.18. The highest BCUT2D eigenvalue weighted by Crippen LogP contribution is 2.15. The van der Waals surface area contributed by atoms with Gasteiger partial charge in [-0.2, -0.15) is 0 Å². The van der Waals surface area contributed by atoms with Crippen molar-refractivity contribution in [2.75, 3.05) is 11.9 Å². The fourth-order valence-electron chi connectivity index (χ4n) is 1.81. The minimum absolute atomic E-state index is 0.132. The maximum absolute atomic E-state index is 11.7. The molecule has 0 fully saturated rings. The van der Waals surface area contributed by atoms with Crippen LogP contribution in [0.25, 0.3) is 5.69 Å². The van der Waals surface area contributed by atoms with Gasteiger partial charge in [0.25, 0.3) is 0 Å². The number of carbonyl (C=O) groups excluding carboxylic acids is 2. The van der Waals surface area contributed by atoms with Crippen molar-refractivity contribution in [2.45, 2.75) is 33.3 Å². The average molecular weight is 332 g/mol. The maximum atomic E-state index is 11.7. The highest BCUT2D eigenvalue weighted by molar-refractivity contribution is 5.87. The van der Waals surface area contributed by atoms with E-state index in [1.54, 1.807) is 52.0 Å². The average Bonchev–Trinajstić information content (AvgIpc) is 2.96. The standard InChI is InChI=1S/C16H20N4O4/c1-5-23-14(21)13-10-20(19-18-13)12-8-6-11(7-9-12)17-15(22)24-16(2,3)4/h6-10H,5H2,1-4H3,(H,17,22). The van der Waals surface area contributed by atoms with Gasteiger partial charge in [0.15, 0.2) is 5.69 Å². The first kappa shape index (κ1) is 17.5. The van der Waals surface area contributed by atoms with E-state index in [-0.39, 0.29) is 12.3 Å². The van der Waals surface area contributed by atoms with Crippen molar-refractivity contribution in [1.82, 2.24) is 15.0 Å². The number of carbonyl (C=O) groups is 2. The lowest BCUT2D eigenvalue weighted by atomic mass is 10.2. The number of benzene rings is 1. The number of rotatable bonds is 4. The molecule has 128 valence electrons. The molecule has 0 saturated carbocycles. The van der Waals surface area contributed by atoms with Gasteiger partial charge in [-0.25, -0.2) is 14.3 Å². The van der Waals surface area contributed by atoms with Crippen molar-refractivity contribution < 1.29 is 19.1 Å². The van der Waals surface area contributed by atoms with Crippen LogP contribution >= 0.6 is 0 Å². The number of anilines is 1. The summed E-state index contributed by atoms with van der Waals surface area (Å²) < 4.78 is 11.5. The Labute approximate surface area is 139 Å². The van der Waals surface area contributed by atoms with Gasteiger partial charge in [0, 0.05) is 5.69 Å². The second kappa shape index (κ2) is 7.12. The van der Waals surface area contributed by atoms with Gasteiger partial charge in [-0.05, 0) is 52.0 Å². The Balaban J connectivity index is 2.04. The molecule has 1 aromatic carbocycles. The van der Waals surface area contributed by atoms with Crippen LogP contribution in [-0.4, -0.2) is 39.3 Å². The van der Waals surface area contributed by atoms with Crippen LogP contribution in [0, 0.1) is 0 Å². The predicted octanol–water partition coefficient (Wildman–Crippen LogP) is 2.79. The molecular formula is C16H20N4O4. The molecule has 0 bridgehead atoms. The van der Waals surface area contributed by atoms with E-state index >= 15 is 0 Å². The van der Waals surface area contributed by atoms with E-state index in [4.69, 9.17) is 9.47 Å². The summed E-state index contributed by atoms with van der Waals surface area (Å²) in [4.78, 5) is 23.3. The Morgan fingerprint density at radius 1 is 1.21 bits per heavy atom. The van der Waals surface area contributed by atoms with Crippen LogP contribution in [0.3, 0.4) is 0 Å². The minimum Gasteiger partial charge on any atom is -0.461 e. The second-order valence-electron chi connectivity index (χ2n) is 5.94. The van der Waals surface area contributed by atoms with Crippen LogP contribution in [0.15, 0.2) is 30.5 Å². The van der Waals surface area contributed by atoms with Crippen LogP contribution in [0.2, 0.25) is 0 Å². The molecule has 0 saturated heterocycles. The first-order chi connectivity index (χ1) is 11.3. The molecule has 0 aliphatic rings. The third-order valence-corrected chi connectivity index (χ3v) is 2.76. The van der Waals surface area contributed by atoms with Crippen LogP contribution in [-0.2, 0) is 9.47 Å². The lowest BCUT2D eigenvalue weighted by Gasteiger charge is -2.19. The van der Waals surface area contributed by atoms with Crippen molar-refractivity contribution in [2.24, 2.45) is 0 Å². The third-order valence-electron chi connectivity index (χ3n) is 2.76. The summed E-state index contributed by atoms with van der Waals surface area (Å²) in [5, 5.41) is 10.3. The Bertz CT molecular complexity index is 716. The number of nitrogens with one attached hydrogen (secondary N) is 1. The Morgan fingerprint density at radius 2 is 1.88 bits per heavy atom. The van der Waals surface area contributed by atoms with Crippen LogP contribution in [0.1, 0.15) is 38.2 Å². The number of hydrogen-bond donors (Lipinski definition) is 1. The summed E-state index contributed by atoms with van der Waals surface area (Å²) in [5.74, 6) is -0.521. The Hall–Kier alpha value is -2.90. The minimum atomic E-state index is -0.561. The number of hydrogen-bond acceptors (Lipinski definition) is 6. The first-order valence-electron chi connectivity index (χ1n) is 7.48. The van der Waals surface area contributed by atoms with Crippen molar-refractivity contribution in [3.8, 4) is 5.69 Å². The molecule has 1 aromatic heterocycles. The zero-order valence-electron chi connectivity index (χ0n) is 14.1. The number of nitrogens with zero attached hydrogens (tertiary/aromatic N) is 3. The highest BCUT2D eigenvalue weighted by Gasteiger charge is 2.16. The van der Waals surface area contributed by atoms with E-state index in [9.17, 15) is 9.59 Å². The molecule has 2 aromatic rings. The van der Waals surface area contributed by atoms with Gasteiger partial charge in [0.05, 0.1) is 18.5 Å². The normalized spacial score (nSPS) is 11.0. The number of ether oxygens (including phenoxy) is 2. The summed E-state index contributed by atoms with van der Waals surface area (Å²) in [6.07, 6.45) is 0.953. The van der Waals surface area contributed by atoms with Crippen LogP contribution in [0.5, 0.6) is 0 Å². The van der Waals surface area contributed by atoms with Crippen molar-refractivity contribution in [1.29, 1.82) is 0 Å². The molecule has 0 spiro atoms. The number of esters is 1. The summed E-state index contributed by atoms with van der Waals surface area (Å²) in [6, 6.07) is 6.86. The summed E-state index contributed by atoms with van der Waals surface area (Å²) >= 11 is 0. The molecule has 0 radical (unpaired) electrons. The summed E-state index contributed by atoms with van der Waals surface area (Å²) in [5.41, 5.74) is 0.841. The molecule has 1 heterocycles. The predicted molar refractivity (Wildman–Crippen MR) is 87.2 cm³/mol. The molecule has 1 N–H and O–H groups in total. The lowest BCUT2D eigenvalue weighted by Crippen LogP contribution is -2.27. The van der Waals surface area contributed by atoms with Gasteiger partial charge in [-0.3, -0.25) is 5.32 Å². The van der Waals surface area contributed by atoms with Gasteiger partial charge >= 0.3 is 12.1 Å². The molecule has 0 atom stereocenters. The zero-order chi connectivity index (χ0) is 17.7. The lowest BCUT2D eigenvalue weighted by molar-refractivity contribution is 0.0518. The number of aromatic nitrogens is 3. The fraction of sp³-hybridized carbons (Fsp3) is 0.375. The van der Waals surface area contributed by atoms with Crippen molar-refractivity contribution >= 4 is 17.7 Å². The second-order valence-corrected chi connectivity index (χ2v) is 5.94. The molecule has 0 unspecified atom stereocenters. The SMILES string of the molecule is CCOC(=O)c1cn(-c2ccc(NC(=O)OC(C)(C)C)cc2)nn1. The van der Waals surface area contributed by atoms with Gasteiger partial charge in [-0.15, -0.1) is 5.10 Å². The molecule has 24 heavy (non-hydrogen) atoms. The molecule has 0 aliphatic carbocycles. The van der Waals surface area contributed by atoms with Gasteiger partial charge in [0.2, 0.25) is 0 Å². The summed E-state index contributed by atoms with van der Waals surface area (Å²) in [6.45, 7) is 7.38. The molecule has 2 rings (SSSR count). The van der Waals surface area contributed by atoms with Crippen LogP contribution in [0.4, 0.5) is 10.5 Å². The van der Waals surface area contributed by atoms with Gasteiger partial charge < -0.3 is 9.47 Å². The largest absolute Gasteiger partial charge is 0.461 e. The van der Waals surface area contributed by atoms with Crippen molar-refractivity contribution in [3.05, 3.63) is 36.2 Å². The van der Waals surface area contributed by atoms with Gasteiger partial charge in [0.1, 0.15) is 5.60 Å². The van der Waals surface area contributed by atoms with Crippen molar-refractivity contribution in [3.63, 3.8) is 0 Å². The number of amides is 1. The zero-order valence-corrected chi connectivity index (χ0v) is 14.1. The quantitative estimate of drug-likeness (QED) is 0.865. The maximum Gasteiger partial charge on any atom is 0.412 e. The molecular weight excluding hydrogens is 312 g/mol. The van der Waals surface area contributed by atoms with E-state index in [2.05, 4.69) is 15.6 Å². The molecule has 8 nitrogen and oxygen atoms in total. The smallest absolute Gasteiger partial charge is 0.412 e. The molecule has 0 aliphatic heterocycles. The fourth-order valence-corrected chi connectivity index (χ4v) is 1.81. The highest BCUT2D eigenvalue weighted by atomic mass is 16.6. The van der Waals surface area contributed by atoms with E-state index in [1.165, 1.54) is 10.9 Å².